The normalized spacial score (nSPS) is 17.8. The highest BCUT2D eigenvalue weighted by molar-refractivity contribution is 7.89. The molecule has 2 N–H and O–H groups in total. The molecule has 0 aromatic heterocycles. The average molecular weight is 344 g/mol. The van der Waals surface area contributed by atoms with Gasteiger partial charge in [-0.25, -0.2) is 13.1 Å². The number of benzene rings is 1. The number of aliphatic hydroxyl groups is 1. The Hall–Kier alpha value is -0.830. The van der Waals surface area contributed by atoms with Gasteiger partial charge in [0.25, 0.3) is 0 Å². The molecule has 1 aromatic rings. The minimum Gasteiger partial charge on any atom is -0.396 e. The van der Waals surface area contributed by atoms with E-state index in [1.807, 2.05) is 0 Å². The molecule has 9 heteroatoms. The molecule has 0 spiro atoms. The van der Waals surface area contributed by atoms with Crippen LogP contribution in [0.2, 0.25) is 5.02 Å². The number of hydrogen-bond donors (Lipinski definition) is 2. The molecule has 1 saturated carbocycles. The van der Waals surface area contributed by atoms with Crippen LogP contribution < -0.4 is 4.72 Å². The molecule has 1 aliphatic carbocycles. The Labute approximate surface area is 125 Å². The van der Waals surface area contributed by atoms with Crippen LogP contribution in [0.5, 0.6) is 0 Å². The minimum atomic E-state index is -4.73. The van der Waals surface area contributed by atoms with Gasteiger partial charge in [-0.2, -0.15) is 13.2 Å². The van der Waals surface area contributed by atoms with Crippen molar-refractivity contribution in [1.82, 2.24) is 4.72 Å². The number of sulfonamides is 1. The second-order valence-corrected chi connectivity index (χ2v) is 7.30. The molecule has 0 amide bonds. The number of hydrogen-bond acceptors (Lipinski definition) is 3. The van der Waals surface area contributed by atoms with Crippen molar-refractivity contribution in [3.8, 4) is 0 Å². The molecule has 0 radical (unpaired) electrons. The van der Waals surface area contributed by atoms with Crippen molar-refractivity contribution in [3.63, 3.8) is 0 Å². The van der Waals surface area contributed by atoms with E-state index in [2.05, 4.69) is 4.72 Å². The molecule has 0 bridgehead atoms. The second kappa shape index (κ2) is 5.42. The number of halogens is 4. The highest BCUT2D eigenvalue weighted by Gasteiger charge is 2.43. The molecule has 118 valence electrons. The lowest BCUT2D eigenvalue weighted by atomic mass is 10.1. The van der Waals surface area contributed by atoms with E-state index in [9.17, 15) is 21.6 Å². The molecule has 0 atom stereocenters. The SMILES string of the molecule is O=S(=O)(NCC1(CO)CC1)c1ccc(Cl)c(C(F)(F)F)c1. The number of alkyl halides is 3. The van der Waals surface area contributed by atoms with Gasteiger partial charge in [-0.15, -0.1) is 0 Å². The summed E-state index contributed by atoms with van der Waals surface area (Å²) in [5, 5.41) is 8.55. The zero-order chi connectivity index (χ0) is 15.9. The van der Waals surface area contributed by atoms with E-state index in [1.165, 1.54) is 0 Å². The van der Waals surface area contributed by atoms with Crippen molar-refractivity contribution in [2.24, 2.45) is 5.41 Å². The Balaban J connectivity index is 2.24. The summed E-state index contributed by atoms with van der Waals surface area (Å²) in [5.74, 6) is 0. The van der Waals surface area contributed by atoms with E-state index in [4.69, 9.17) is 16.7 Å². The van der Waals surface area contributed by atoms with Crippen molar-refractivity contribution < 1.29 is 26.7 Å². The molecule has 1 fully saturated rings. The van der Waals surface area contributed by atoms with E-state index in [0.29, 0.717) is 18.9 Å². The van der Waals surface area contributed by atoms with Crippen LogP contribution in [-0.4, -0.2) is 26.7 Å². The van der Waals surface area contributed by atoms with E-state index < -0.39 is 37.1 Å². The predicted octanol–water partition coefficient (Wildman–Crippen LogP) is 2.41. The van der Waals surface area contributed by atoms with Crippen LogP contribution >= 0.6 is 11.6 Å². The monoisotopic (exact) mass is 343 g/mol. The summed E-state index contributed by atoms with van der Waals surface area (Å²) in [6, 6.07) is 2.42. The Morgan fingerprint density at radius 2 is 1.95 bits per heavy atom. The van der Waals surface area contributed by atoms with Gasteiger partial charge in [0.1, 0.15) is 0 Å². The van der Waals surface area contributed by atoms with Crippen LogP contribution in [0.3, 0.4) is 0 Å². The highest BCUT2D eigenvalue weighted by atomic mass is 35.5. The van der Waals surface area contributed by atoms with Crippen molar-refractivity contribution in [2.45, 2.75) is 23.9 Å². The maximum Gasteiger partial charge on any atom is 0.417 e. The summed E-state index contributed by atoms with van der Waals surface area (Å²) in [4.78, 5) is -0.507. The van der Waals surface area contributed by atoms with Gasteiger partial charge in [-0.3, -0.25) is 0 Å². The van der Waals surface area contributed by atoms with E-state index in [-0.39, 0.29) is 13.2 Å². The van der Waals surface area contributed by atoms with Crippen molar-refractivity contribution in [1.29, 1.82) is 0 Å². The highest BCUT2D eigenvalue weighted by Crippen LogP contribution is 2.44. The molecule has 0 aliphatic heterocycles. The zero-order valence-electron chi connectivity index (χ0n) is 10.7. The first kappa shape index (κ1) is 16.5. The summed E-state index contributed by atoms with van der Waals surface area (Å²) in [7, 11) is -4.08. The lowest BCUT2D eigenvalue weighted by molar-refractivity contribution is -0.137. The third-order valence-corrected chi connectivity index (χ3v) is 5.21. The third kappa shape index (κ3) is 3.68. The lowest BCUT2D eigenvalue weighted by Gasteiger charge is -2.15. The van der Waals surface area contributed by atoms with E-state index in [1.54, 1.807) is 0 Å². The fraction of sp³-hybridized carbons (Fsp3) is 0.500. The summed E-state index contributed by atoms with van der Waals surface area (Å²) in [5.41, 5.74) is -1.68. The number of aliphatic hydroxyl groups excluding tert-OH is 1. The maximum absolute atomic E-state index is 12.7. The molecular formula is C12H13ClF3NO3S. The van der Waals surface area contributed by atoms with Gasteiger partial charge in [-0.05, 0) is 31.0 Å². The summed E-state index contributed by atoms with van der Waals surface area (Å²) < 4.78 is 64.4. The maximum atomic E-state index is 12.7. The molecule has 2 rings (SSSR count). The molecule has 1 aromatic carbocycles. The summed E-state index contributed by atoms with van der Waals surface area (Å²) in [6.45, 7) is -0.167. The van der Waals surface area contributed by atoms with Crippen LogP contribution in [0.15, 0.2) is 23.1 Å². The molecule has 1 aliphatic rings. The van der Waals surface area contributed by atoms with Crippen molar-refractivity contribution >= 4 is 21.6 Å². The Kier molecular flexibility index (Phi) is 4.27. The summed E-state index contributed by atoms with van der Waals surface area (Å²) in [6.07, 6.45) is -3.37. The van der Waals surface area contributed by atoms with Crippen LogP contribution in [0, 0.1) is 5.41 Å². The van der Waals surface area contributed by atoms with Gasteiger partial charge < -0.3 is 5.11 Å². The quantitative estimate of drug-likeness (QED) is 0.862. The standard InChI is InChI=1S/C12H13ClF3NO3S/c13-10-2-1-8(5-9(10)12(14,15)16)21(19,20)17-6-11(7-18)3-4-11/h1-2,5,17-18H,3-4,6-7H2. The Morgan fingerprint density at radius 1 is 1.33 bits per heavy atom. The smallest absolute Gasteiger partial charge is 0.396 e. The fourth-order valence-corrected chi connectivity index (χ4v) is 3.20. The van der Waals surface area contributed by atoms with Crippen LogP contribution in [-0.2, 0) is 16.2 Å². The fourth-order valence-electron chi connectivity index (χ4n) is 1.79. The first-order valence-corrected chi connectivity index (χ1v) is 7.93. The largest absolute Gasteiger partial charge is 0.417 e. The van der Waals surface area contributed by atoms with Gasteiger partial charge in [-0.1, -0.05) is 11.6 Å². The Morgan fingerprint density at radius 3 is 2.43 bits per heavy atom. The molecule has 21 heavy (non-hydrogen) atoms. The van der Waals surface area contributed by atoms with Gasteiger partial charge in [0, 0.05) is 18.6 Å². The van der Waals surface area contributed by atoms with Crippen LogP contribution in [0.1, 0.15) is 18.4 Å². The zero-order valence-corrected chi connectivity index (χ0v) is 12.3. The van der Waals surface area contributed by atoms with Gasteiger partial charge in [0.2, 0.25) is 10.0 Å². The summed E-state index contributed by atoms with van der Waals surface area (Å²) >= 11 is 5.44. The first-order chi connectivity index (χ1) is 9.60. The molecular weight excluding hydrogens is 331 g/mol. The Bertz CT molecular complexity index is 642. The molecule has 4 nitrogen and oxygen atoms in total. The number of rotatable bonds is 5. The van der Waals surface area contributed by atoms with Gasteiger partial charge in [0.15, 0.2) is 0 Å². The molecule has 0 unspecified atom stereocenters. The van der Waals surface area contributed by atoms with Crippen molar-refractivity contribution in [2.75, 3.05) is 13.2 Å². The van der Waals surface area contributed by atoms with Gasteiger partial charge >= 0.3 is 6.18 Å². The van der Waals surface area contributed by atoms with Crippen molar-refractivity contribution in [3.05, 3.63) is 28.8 Å². The first-order valence-electron chi connectivity index (χ1n) is 6.07. The van der Waals surface area contributed by atoms with E-state index >= 15 is 0 Å². The third-order valence-electron chi connectivity index (χ3n) is 3.48. The predicted molar refractivity (Wildman–Crippen MR) is 70.4 cm³/mol. The average Bonchev–Trinajstić information content (AvgIpc) is 3.16. The number of nitrogens with one attached hydrogen (secondary N) is 1. The topological polar surface area (TPSA) is 66.4 Å². The second-order valence-electron chi connectivity index (χ2n) is 5.12. The van der Waals surface area contributed by atoms with E-state index in [0.717, 1.165) is 12.1 Å². The van der Waals surface area contributed by atoms with Crippen LogP contribution in [0.25, 0.3) is 0 Å². The lowest BCUT2D eigenvalue weighted by Crippen LogP contribution is -2.32. The van der Waals surface area contributed by atoms with Gasteiger partial charge in [0.05, 0.1) is 15.5 Å². The molecule has 0 saturated heterocycles. The minimum absolute atomic E-state index is 0.00416. The molecule has 0 heterocycles. The van der Waals surface area contributed by atoms with Crippen LogP contribution in [0.4, 0.5) is 13.2 Å².